The Bertz CT molecular complexity index is 1250. The minimum atomic E-state index is -0.764. The lowest BCUT2D eigenvalue weighted by atomic mass is 10.0. The monoisotopic (exact) mass is 1010 g/mol. The molecule has 0 aliphatic heterocycles. The van der Waals surface area contributed by atoms with Crippen molar-refractivity contribution in [3.8, 4) is 0 Å². The minimum absolute atomic E-state index is 0.0661. The van der Waals surface area contributed by atoms with Gasteiger partial charge in [-0.3, -0.25) is 14.4 Å². The van der Waals surface area contributed by atoms with Crippen LogP contribution >= 0.6 is 0 Å². The summed E-state index contributed by atoms with van der Waals surface area (Å²) in [6.07, 6.45) is 75.9. The number of hydrogen-bond donors (Lipinski definition) is 0. The minimum Gasteiger partial charge on any atom is -0.462 e. The van der Waals surface area contributed by atoms with Crippen LogP contribution in [0.3, 0.4) is 0 Å². The summed E-state index contributed by atoms with van der Waals surface area (Å²) >= 11 is 0. The first-order valence-electron chi connectivity index (χ1n) is 31.6. The fraction of sp³-hybridized carbons (Fsp3) is 0.833. The molecule has 72 heavy (non-hydrogen) atoms. The first-order valence-corrected chi connectivity index (χ1v) is 31.6. The summed E-state index contributed by atoms with van der Waals surface area (Å²) < 4.78 is 16.8. The van der Waals surface area contributed by atoms with Crippen molar-refractivity contribution in [2.45, 2.75) is 341 Å². The van der Waals surface area contributed by atoms with Crippen LogP contribution < -0.4 is 0 Å². The number of allylic oxidation sites excluding steroid dienone is 8. The van der Waals surface area contributed by atoms with E-state index in [0.717, 1.165) is 83.5 Å². The van der Waals surface area contributed by atoms with Gasteiger partial charge >= 0.3 is 17.9 Å². The summed E-state index contributed by atoms with van der Waals surface area (Å²) in [4.78, 5) is 38.0. The number of esters is 3. The summed E-state index contributed by atoms with van der Waals surface area (Å²) in [6, 6.07) is 0. The van der Waals surface area contributed by atoms with Crippen LogP contribution in [0.25, 0.3) is 0 Å². The third-order valence-electron chi connectivity index (χ3n) is 14.1. The summed E-state index contributed by atoms with van der Waals surface area (Å²) in [7, 11) is 0. The van der Waals surface area contributed by atoms with Crippen molar-refractivity contribution < 1.29 is 28.6 Å². The molecule has 0 radical (unpaired) electrons. The van der Waals surface area contributed by atoms with Crippen molar-refractivity contribution in [1.29, 1.82) is 0 Å². The van der Waals surface area contributed by atoms with Crippen molar-refractivity contribution in [3.05, 3.63) is 48.6 Å². The molecular weight excluding hydrogens is 889 g/mol. The van der Waals surface area contributed by atoms with Gasteiger partial charge in [0.25, 0.3) is 0 Å². The van der Waals surface area contributed by atoms with Gasteiger partial charge in [0, 0.05) is 19.3 Å². The van der Waals surface area contributed by atoms with Gasteiger partial charge in [-0.15, -0.1) is 0 Å². The molecule has 0 aliphatic rings. The molecule has 0 rings (SSSR count). The molecule has 0 aromatic heterocycles. The molecule has 6 heteroatoms. The second-order valence-corrected chi connectivity index (χ2v) is 21.3. The summed E-state index contributed by atoms with van der Waals surface area (Å²) in [5.41, 5.74) is 0. The highest BCUT2D eigenvalue weighted by Gasteiger charge is 2.19. The maximum absolute atomic E-state index is 12.8. The van der Waals surface area contributed by atoms with E-state index in [-0.39, 0.29) is 31.1 Å². The van der Waals surface area contributed by atoms with E-state index in [0.29, 0.717) is 19.3 Å². The zero-order valence-electron chi connectivity index (χ0n) is 48.2. The van der Waals surface area contributed by atoms with Crippen LogP contribution in [0.15, 0.2) is 48.6 Å². The third kappa shape index (κ3) is 58.3. The van der Waals surface area contributed by atoms with Gasteiger partial charge in [-0.05, 0) is 57.8 Å². The highest BCUT2D eigenvalue weighted by atomic mass is 16.6. The van der Waals surface area contributed by atoms with E-state index in [1.165, 1.54) is 212 Å². The quantitative estimate of drug-likeness (QED) is 0.0261. The number of unbranched alkanes of at least 4 members (excludes halogenated alkanes) is 39. The largest absolute Gasteiger partial charge is 0.462 e. The van der Waals surface area contributed by atoms with Crippen molar-refractivity contribution in [2.24, 2.45) is 0 Å². The summed E-state index contributed by atoms with van der Waals surface area (Å²) in [6.45, 7) is 6.53. The molecule has 0 spiro atoms. The van der Waals surface area contributed by atoms with Crippen LogP contribution in [-0.2, 0) is 28.6 Å². The number of carbonyl (C=O) groups excluding carboxylic acids is 3. The summed E-state index contributed by atoms with van der Waals surface area (Å²) in [5, 5.41) is 0. The highest BCUT2D eigenvalue weighted by Crippen LogP contribution is 2.18. The van der Waals surface area contributed by atoms with Crippen LogP contribution in [0.5, 0.6) is 0 Å². The third-order valence-corrected chi connectivity index (χ3v) is 14.1. The Balaban J connectivity index is 3.94. The summed E-state index contributed by atoms with van der Waals surface area (Å²) in [5.74, 6) is -0.852. The first-order chi connectivity index (χ1) is 35.5. The van der Waals surface area contributed by atoms with E-state index in [4.69, 9.17) is 14.2 Å². The van der Waals surface area contributed by atoms with Crippen molar-refractivity contribution in [1.82, 2.24) is 0 Å². The normalized spacial score (nSPS) is 12.3. The Morgan fingerprint density at radius 1 is 0.292 bits per heavy atom. The lowest BCUT2D eigenvalue weighted by Gasteiger charge is -2.18. The molecule has 0 aromatic carbocycles. The van der Waals surface area contributed by atoms with Gasteiger partial charge in [-0.25, -0.2) is 0 Å². The van der Waals surface area contributed by atoms with E-state index in [9.17, 15) is 14.4 Å². The SMILES string of the molecule is CC/C=C\C/C=C\C/C=C\C/C=C\CCCCCCCCCCCCCCCCCCCCCCC(=O)OCC(COC(=O)CCCCCCCCC)OC(=O)CCCCCCCCCCCCCCCC. The van der Waals surface area contributed by atoms with Crippen molar-refractivity contribution >= 4 is 17.9 Å². The van der Waals surface area contributed by atoms with Crippen LogP contribution in [0.4, 0.5) is 0 Å². The lowest BCUT2D eigenvalue weighted by Crippen LogP contribution is -2.30. The molecule has 0 fully saturated rings. The average Bonchev–Trinajstić information content (AvgIpc) is 3.38. The number of carbonyl (C=O) groups is 3. The van der Waals surface area contributed by atoms with Gasteiger partial charge in [0.2, 0.25) is 0 Å². The van der Waals surface area contributed by atoms with E-state index < -0.39 is 6.10 Å². The molecule has 6 nitrogen and oxygen atoms in total. The molecule has 0 saturated carbocycles. The Labute approximate surface area is 448 Å². The lowest BCUT2D eigenvalue weighted by molar-refractivity contribution is -0.167. The van der Waals surface area contributed by atoms with Crippen molar-refractivity contribution in [3.63, 3.8) is 0 Å². The van der Waals surface area contributed by atoms with E-state index in [1.807, 2.05) is 0 Å². The van der Waals surface area contributed by atoms with Crippen LogP contribution in [-0.4, -0.2) is 37.2 Å². The van der Waals surface area contributed by atoms with Crippen LogP contribution in [0, 0.1) is 0 Å². The topological polar surface area (TPSA) is 78.9 Å². The number of rotatable bonds is 58. The van der Waals surface area contributed by atoms with Gasteiger partial charge in [-0.2, -0.15) is 0 Å². The Hall–Kier alpha value is -2.63. The molecular formula is C66H120O6. The smallest absolute Gasteiger partial charge is 0.306 e. The zero-order valence-corrected chi connectivity index (χ0v) is 48.2. The standard InChI is InChI=1S/C66H120O6/c1-4-7-10-13-16-18-20-22-24-25-26-27-28-29-30-31-32-33-34-35-36-37-38-39-40-41-42-44-45-47-50-53-56-59-65(68)71-62-63(61-70-64(67)58-55-52-49-15-12-9-6-3)72-66(69)60-57-54-51-48-46-43-23-21-19-17-14-11-8-5-2/h7,10,16,18,22,24,26-27,63H,4-6,8-9,11-15,17,19-21,23,25,28-62H2,1-3H3/b10-7-,18-16-,24-22-,27-26-. The molecule has 1 unspecified atom stereocenters. The molecule has 420 valence electrons. The molecule has 0 heterocycles. The fourth-order valence-corrected chi connectivity index (χ4v) is 9.38. The first kappa shape index (κ1) is 69.4. The Morgan fingerprint density at radius 3 is 0.847 bits per heavy atom. The molecule has 0 saturated heterocycles. The number of ether oxygens (including phenoxy) is 3. The van der Waals surface area contributed by atoms with Gasteiger partial charge in [-0.1, -0.05) is 307 Å². The van der Waals surface area contributed by atoms with Gasteiger partial charge < -0.3 is 14.2 Å². The van der Waals surface area contributed by atoms with E-state index >= 15 is 0 Å². The molecule has 1 atom stereocenters. The maximum atomic E-state index is 12.8. The van der Waals surface area contributed by atoms with E-state index in [1.54, 1.807) is 0 Å². The van der Waals surface area contributed by atoms with Crippen LogP contribution in [0.2, 0.25) is 0 Å². The van der Waals surface area contributed by atoms with E-state index in [2.05, 4.69) is 69.4 Å². The zero-order chi connectivity index (χ0) is 52.2. The Morgan fingerprint density at radius 2 is 0.542 bits per heavy atom. The Kier molecular flexibility index (Phi) is 58.7. The molecule has 0 bridgehead atoms. The molecule has 0 amide bonds. The molecule has 0 aromatic rings. The van der Waals surface area contributed by atoms with Crippen LogP contribution in [0.1, 0.15) is 335 Å². The fourth-order valence-electron chi connectivity index (χ4n) is 9.38. The maximum Gasteiger partial charge on any atom is 0.306 e. The number of hydrogen-bond acceptors (Lipinski definition) is 6. The van der Waals surface area contributed by atoms with Gasteiger partial charge in [0.1, 0.15) is 13.2 Å². The predicted molar refractivity (Wildman–Crippen MR) is 312 cm³/mol. The molecule has 0 aliphatic carbocycles. The second kappa shape index (κ2) is 60.9. The average molecular weight is 1010 g/mol. The second-order valence-electron chi connectivity index (χ2n) is 21.3. The molecule has 0 N–H and O–H groups in total. The van der Waals surface area contributed by atoms with Gasteiger partial charge in [0.05, 0.1) is 0 Å². The van der Waals surface area contributed by atoms with Crippen molar-refractivity contribution in [2.75, 3.05) is 13.2 Å². The predicted octanol–water partition coefficient (Wildman–Crippen LogP) is 21.4. The van der Waals surface area contributed by atoms with Gasteiger partial charge in [0.15, 0.2) is 6.10 Å². The highest BCUT2D eigenvalue weighted by molar-refractivity contribution is 5.71.